The molecule has 0 aromatic heterocycles. The van der Waals surface area contributed by atoms with Crippen LogP contribution >= 0.6 is 0 Å². The van der Waals surface area contributed by atoms with Gasteiger partial charge in [-0.2, -0.15) is 5.26 Å². The lowest BCUT2D eigenvalue weighted by molar-refractivity contribution is 0.0934. The van der Waals surface area contributed by atoms with Gasteiger partial charge in [0, 0.05) is 5.56 Å². The smallest absolute Gasteiger partial charge is 0.183 e. The first-order valence-corrected chi connectivity index (χ1v) is 6.19. The second-order valence-electron chi connectivity index (χ2n) is 4.95. The maximum Gasteiger partial charge on any atom is 0.183 e. The second kappa shape index (κ2) is 4.33. The summed E-state index contributed by atoms with van der Waals surface area (Å²) in [6.07, 6.45) is 2.53. The zero-order chi connectivity index (χ0) is 12.5. The van der Waals surface area contributed by atoms with Crippen molar-refractivity contribution in [2.45, 2.75) is 39.0 Å². The number of nitrogens with zero attached hydrogens (tertiary/aromatic N) is 1. The molecule has 1 aromatic carbocycles. The highest BCUT2D eigenvalue weighted by atomic mass is 16.1. The lowest BCUT2D eigenvalue weighted by Gasteiger charge is -2.10. The molecular formula is C15H17NO. The summed E-state index contributed by atoms with van der Waals surface area (Å²) in [5.41, 5.74) is 1.24. The van der Waals surface area contributed by atoms with E-state index < -0.39 is 5.41 Å². The highest BCUT2D eigenvalue weighted by Crippen LogP contribution is 2.47. The average molecular weight is 227 g/mol. The second-order valence-corrected chi connectivity index (χ2v) is 4.95. The number of ketones is 1. The molecular weight excluding hydrogens is 210 g/mol. The van der Waals surface area contributed by atoms with Crippen molar-refractivity contribution in [2.75, 3.05) is 0 Å². The Morgan fingerprint density at radius 3 is 2.41 bits per heavy atom. The number of carbonyl (C=O) groups is 1. The number of nitriles is 1. The summed E-state index contributed by atoms with van der Waals surface area (Å²) in [7, 11) is 0. The van der Waals surface area contributed by atoms with Crippen LogP contribution in [0.1, 0.15) is 54.9 Å². The Morgan fingerprint density at radius 2 is 2.00 bits per heavy atom. The molecule has 88 valence electrons. The molecule has 1 saturated carbocycles. The number of benzene rings is 1. The summed E-state index contributed by atoms with van der Waals surface area (Å²) >= 11 is 0. The standard InChI is InChI=1S/C15H17NO/c1-3-11(2)12-4-6-13(7-5-12)14(17)15(10-16)8-9-15/h4-7,11H,3,8-9H2,1-2H3. The summed E-state index contributed by atoms with van der Waals surface area (Å²) in [5.74, 6) is 0.515. The van der Waals surface area contributed by atoms with Gasteiger partial charge in [0.05, 0.1) is 6.07 Å². The molecule has 1 atom stereocenters. The molecule has 1 aliphatic carbocycles. The molecule has 0 amide bonds. The van der Waals surface area contributed by atoms with Crippen LogP contribution in [-0.4, -0.2) is 5.78 Å². The molecule has 1 aromatic rings. The van der Waals surface area contributed by atoms with Crippen molar-refractivity contribution in [3.63, 3.8) is 0 Å². The summed E-state index contributed by atoms with van der Waals surface area (Å²) in [6, 6.07) is 9.89. The average Bonchev–Trinajstić information content (AvgIpc) is 3.18. The summed E-state index contributed by atoms with van der Waals surface area (Å²) in [5, 5.41) is 9.00. The van der Waals surface area contributed by atoms with Crippen molar-refractivity contribution in [1.82, 2.24) is 0 Å². The van der Waals surface area contributed by atoms with Crippen LogP contribution in [0.25, 0.3) is 0 Å². The van der Waals surface area contributed by atoms with E-state index in [1.54, 1.807) is 0 Å². The molecule has 0 heterocycles. The molecule has 0 aliphatic heterocycles. The Labute approximate surface area is 102 Å². The third-order valence-corrected chi connectivity index (χ3v) is 3.75. The number of rotatable bonds is 4. The third-order valence-electron chi connectivity index (χ3n) is 3.75. The highest BCUT2D eigenvalue weighted by Gasteiger charge is 2.50. The van der Waals surface area contributed by atoms with Gasteiger partial charge < -0.3 is 0 Å². The molecule has 0 radical (unpaired) electrons. The van der Waals surface area contributed by atoms with E-state index in [1.807, 2.05) is 24.3 Å². The van der Waals surface area contributed by atoms with E-state index >= 15 is 0 Å². The minimum atomic E-state index is -0.697. The Balaban J connectivity index is 2.19. The van der Waals surface area contributed by atoms with E-state index in [-0.39, 0.29) is 5.78 Å². The van der Waals surface area contributed by atoms with Crippen LogP contribution in [0, 0.1) is 16.7 Å². The third kappa shape index (κ3) is 2.10. The summed E-state index contributed by atoms with van der Waals surface area (Å²) in [6.45, 7) is 4.33. The van der Waals surface area contributed by atoms with Crippen molar-refractivity contribution in [3.05, 3.63) is 35.4 Å². The fourth-order valence-corrected chi connectivity index (χ4v) is 1.99. The fraction of sp³-hybridized carbons (Fsp3) is 0.467. The molecule has 0 bridgehead atoms. The molecule has 2 heteroatoms. The van der Waals surface area contributed by atoms with Crippen molar-refractivity contribution >= 4 is 5.78 Å². The fourth-order valence-electron chi connectivity index (χ4n) is 1.99. The first-order valence-electron chi connectivity index (χ1n) is 6.19. The van der Waals surface area contributed by atoms with Gasteiger partial charge in [-0.3, -0.25) is 4.79 Å². The molecule has 2 rings (SSSR count). The molecule has 0 spiro atoms. The van der Waals surface area contributed by atoms with Crippen molar-refractivity contribution in [2.24, 2.45) is 5.41 Å². The molecule has 17 heavy (non-hydrogen) atoms. The van der Waals surface area contributed by atoms with Crippen LogP contribution in [0.5, 0.6) is 0 Å². The van der Waals surface area contributed by atoms with Gasteiger partial charge in [0.1, 0.15) is 5.41 Å². The number of Topliss-reactive ketones (excluding diaryl/α,β-unsaturated/α-hetero) is 1. The van der Waals surface area contributed by atoms with Gasteiger partial charge in [-0.1, -0.05) is 38.1 Å². The van der Waals surface area contributed by atoms with Gasteiger partial charge in [0.2, 0.25) is 0 Å². The van der Waals surface area contributed by atoms with E-state index in [0.717, 1.165) is 19.3 Å². The topological polar surface area (TPSA) is 40.9 Å². The number of hydrogen-bond donors (Lipinski definition) is 0. The zero-order valence-electron chi connectivity index (χ0n) is 10.4. The normalized spacial score (nSPS) is 18.2. The van der Waals surface area contributed by atoms with Crippen LogP contribution in [0.2, 0.25) is 0 Å². The van der Waals surface area contributed by atoms with E-state index in [0.29, 0.717) is 11.5 Å². The van der Waals surface area contributed by atoms with Crippen LogP contribution in [0.4, 0.5) is 0 Å². The first-order chi connectivity index (χ1) is 8.13. The molecule has 0 N–H and O–H groups in total. The van der Waals surface area contributed by atoms with E-state index in [2.05, 4.69) is 19.9 Å². The predicted molar refractivity (Wildman–Crippen MR) is 66.8 cm³/mol. The van der Waals surface area contributed by atoms with Gasteiger partial charge in [-0.25, -0.2) is 0 Å². The quantitative estimate of drug-likeness (QED) is 0.736. The summed E-state index contributed by atoms with van der Waals surface area (Å²) < 4.78 is 0. The van der Waals surface area contributed by atoms with Gasteiger partial charge in [-0.05, 0) is 30.7 Å². The minimum absolute atomic E-state index is 0.00398. The summed E-state index contributed by atoms with van der Waals surface area (Å²) in [4.78, 5) is 12.1. The maximum absolute atomic E-state index is 12.1. The van der Waals surface area contributed by atoms with Crippen molar-refractivity contribution < 1.29 is 4.79 Å². The Bertz CT molecular complexity index is 463. The molecule has 0 saturated heterocycles. The Hall–Kier alpha value is -1.62. The van der Waals surface area contributed by atoms with Crippen LogP contribution in [0.3, 0.4) is 0 Å². The number of hydrogen-bond acceptors (Lipinski definition) is 2. The molecule has 2 nitrogen and oxygen atoms in total. The van der Waals surface area contributed by atoms with Crippen molar-refractivity contribution in [1.29, 1.82) is 5.26 Å². The molecule has 1 fully saturated rings. The Morgan fingerprint density at radius 1 is 1.41 bits per heavy atom. The van der Waals surface area contributed by atoms with Gasteiger partial charge in [0.15, 0.2) is 5.78 Å². The van der Waals surface area contributed by atoms with Crippen LogP contribution in [0.15, 0.2) is 24.3 Å². The molecule has 1 unspecified atom stereocenters. The first kappa shape index (κ1) is 11.9. The lowest BCUT2D eigenvalue weighted by Crippen LogP contribution is -2.13. The SMILES string of the molecule is CCC(C)c1ccc(C(=O)C2(C#N)CC2)cc1. The van der Waals surface area contributed by atoms with Gasteiger partial charge in [-0.15, -0.1) is 0 Å². The van der Waals surface area contributed by atoms with Crippen molar-refractivity contribution in [3.8, 4) is 6.07 Å². The van der Waals surface area contributed by atoms with E-state index in [4.69, 9.17) is 5.26 Å². The van der Waals surface area contributed by atoms with Gasteiger partial charge >= 0.3 is 0 Å². The van der Waals surface area contributed by atoms with E-state index in [9.17, 15) is 4.79 Å². The van der Waals surface area contributed by atoms with Crippen LogP contribution < -0.4 is 0 Å². The minimum Gasteiger partial charge on any atom is -0.292 e. The number of carbonyl (C=O) groups excluding carboxylic acids is 1. The highest BCUT2D eigenvalue weighted by molar-refractivity contribution is 6.04. The van der Waals surface area contributed by atoms with E-state index in [1.165, 1.54) is 5.56 Å². The monoisotopic (exact) mass is 227 g/mol. The predicted octanol–water partition coefficient (Wildman–Crippen LogP) is 3.69. The zero-order valence-corrected chi connectivity index (χ0v) is 10.4. The molecule has 1 aliphatic rings. The Kier molecular flexibility index (Phi) is 3.02. The van der Waals surface area contributed by atoms with Gasteiger partial charge in [0.25, 0.3) is 0 Å². The van der Waals surface area contributed by atoms with Crippen LogP contribution in [-0.2, 0) is 0 Å². The lowest BCUT2D eigenvalue weighted by atomic mass is 9.92. The maximum atomic E-state index is 12.1. The largest absolute Gasteiger partial charge is 0.292 e.